The number of thiol groups is 1. The number of pyridine rings is 1. The number of aryl methyl sites for hydroxylation is 1. The van der Waals surface area contributed by atoms with Crippen LogP contribution in [0.3, 0.4) is 0 Å². The van der Waals surface area contributed by atoms with Crippen molar-refractivity contribution in [3.05, 3.63) is 24.0 Å². The Morgan fingerprint density at radius 2 is 2.33 bits per heavy atom. The minimum absolute atomic E-state index is 0.162. The number of hydrogen-bond donors (Lipinski definition) is 2. The topological polar surface area (TPSA) is 28.2 Å². The van der Waals surface area contributed by atoms with Gasteiger partial charge in [0.25, 0.3) is 0 Å². The smallest absolute Gasteiger partial charge is 0.139 e. The van der Waals surface area contributed by atoms with Gasteiger partial charge in [0.2, 0.25) is 0 Å². The maximum Gasteiger partial charge on any atom is 0.139 e. The lowest BCUT2D eigenvalue weighted by atomic mass is 9.97. The van der Waals surface area contributed by atoms with Crippen molar-refractivity contribution in [2.24, 2.45) is 0 Å². The zero-order chi connectivity index (χ0) is 13.2. The second-order valence-electron chi connectivity index (χ2n) is 4.88. The lowest BCUT2D eigenvalue weighted by molar-refractivity contribution is 0.290. The summed E-state index contributed by atoms with van der Waals surface area (Å²) in [6.07, 6.45) is 5.28. The van der Waals surface area contributed by atoms with Gasteiger partial charge in [-0.1, -0.05) is 12.2 Å². The van der Waals surface area contributed by atoms with E-state index in [9.17, 15) is 0 Å². The zero-order valence-electron chi connectivity index (χ0n) is 10.8. The van der Waals surface area contributed by atoms with Crippen LogP contribution in [-0.2, 0) is 0 Å². The van der Waals surface area contributed by atoms with E-state index in [4.69, 9.17) is 12.2 Å². The number of rotatable bonds is 2. The summed E-state index contributed by atoms with van der Waals surface area (Å²) in [5.41, 5.74) is 1.85. The van der Waals surface area contributed by atoms with Crippen molar-refractivity contribution in [2.75, 3.05) is 11.4 Å². The summed E-state index contributed by atoms with van der Waals surface area (Å²) in [5, 5.41) is 3.56. The van der Waals surface area contributed by atoms with Gasteiger partial charge in [-0.3, -0.25) is 10.3 Å². The lowest BCUT2D eigenvalue weighted by Gasteiger charge is -2.45. The minimum atomic E-state index is -0.162. The summed E-state index contributed by atoms with van der Waals surface area (Å²) in [4.78, 5) is 6.44. The molecule has 0 amide bonds. The average molecular weight is 281 g/mol. The van der Waals surface area contributed by atoms with Crippen LogP contribution < -0.4 is 10.2 Å². The summed E-state index contributed by atoms with van der Waals surface area (Å²) < 4.78 is 0.586. The Labute approximate surface area is 119 Å². The highest BCUT2D eigenvalue weighted by molar-refractivity contribution is 8.11. The molecule has 1 saturated heterocycles. The summed E-state index contributed by atoms with van der Waals surface area (Å²) >= 11 is 9.74. The predicted octanol–water partition coefficient (Wildman–Crippen LogP) is 2.90. The van der Waals surface area contributed by atoms with Crippen LogP contribution in [0.1, 0.15) is 31.9 Å². The van der Waals surface area contributed by atoms with E-state index in [2.05, 4.69) is 34.8 Å². The first-order valence-electron chi connectivity index (χ1n) is 6.24. The second-order valence-corrected chi connectivity index (χ2v) is 6.00. The molecule has 2 heterocycles. The molecule has 0 aliphatic carbocycles. The number of nitrogens with one attached hydrogen (secondary N) is 1. The fourth-order valence-corrected chi connectivity index (χ4v) is 3.15. The van der Waals surface area contributed by atoms with Gasteiger partial charge in [0.1, 0.15) is 4.32 Å². The van der Waals surface area contributed by atoms with Crippen LogP contribution in [0.25, 0.3) is 0 Å². The third kappa shape index (κ3) is 2.68. The van der Waals surface area contributed by atoms with Crippen LogP contribution in [0.5, 0.6) is 0 Å². The molecular weight excluding hydrogens is 262 g/mol. The van der Waals surface area contributed by atoms with Crippen molar-refractivity contribution in [1.82, 2.24) is 10.3 Å². The van der Waals surface area contributed by atoms with Gasteiger partial charge in [0, 0.05) is 6.20 Å². The third-order valence-corrected chi connectivity index (χ3v) is 3.88. The van der Waals surface area contributed by atoms with Crippen LogP contribution in [0.4, 0.5) is 5.69 Å². The molecule has 1 aliphatic rings. The Morgan fingerprint density at radius 3 is 2.89 bits per heavy atom. The summed E-state index contributed by atoms with van der Waals surface area (Å²) in [7, 11) is 0. The number of nitrogens with zero attached hydrogens (tertiary/aromatic N) is 2. The number of aromatic nitrogens is 1. The molecule has 5 heteroatoms. The van der Waals surface area contributed by atoms with E-state index < -0.39 is 0 Å². The molecule has 3 nitrogen and oxygen atoms in total. The van der Waals surface area contributed by atoms with Crippen LogP contribution in [0.15, 0.2) is 18.3 Å². The molecule has 0 bridgehead atoms. The molecule has 0 spiro atoms. The molecular formula is C13H19N3S2. The molecule has 1 atom stereocenters. The van der Waals surface area contributed by atoms with Gasteiger partial charge in [-0.25, -0.2) is 0 Å². The monoisotopic (exact) mass is 281 g/mol. The predicted molar refractivity (Wildman–Crippen MR) is 83.3 cm³/mol. The van der Waals surface area contributed by atoms with E-state index in [1.807, 2.05) is 19.1 Å². The summed E-state index contributed by atoms with van der Waals surface area (Å²) in [5.74, 6) is 0. The lowest BCUT2D eigenvalue weighted by Crippen LogP contribution is -2.60. The molecule has 1 N–H and O–H groups in total. The Kier molecular flexibility index (Phi) is 4.25. The third-order valence-electron chi connectivity index (χ3n) is 3.50. The van der Waals surface area contributed by atoms with E-state index in [1.54, 1.807) is 6.20 Å². The molecule has 18 heavy (non-hydrogen) atoms. The van der Waals surface area contributed by atoms with E-state index in [0.29, 0.717) is 4.32 Å². The van der Waals surface area contributed by atoms with Crippen molar-refractivity contribution < 1.29 is 0 Å². The van der Waals surface area contributed by atoms with Crippen molar-refractivity contribution in [2.45, 2.75) is 38.8 Å². The Hall–Kier alpha value is -0.650. The SMILES string of the molecule is Cc1ncccc1N(C(=S)S)C1(C)CCCCN1. The van der Waals surface area contributed by atoms with Gasteiger partial charge in [0.05, 0.1) is 17.0 Å². The van der Waals surface area contributed by atoms with Crippen molar-refractivity contribution in [3.8, 4) is 0 Å². The Morgan fingerprint density at radius 1 is 1.56 bits per heavy atom. The molecule has 0 aromatic carbocycles. The largest absolute Gasteiger partial charge is 0.307 e. The second kappa shape index (κ2) is 5.55. The number of hydrogen-bond acceptors (Lipinski definition) is 3. The van der Waals surface area contributed by atoms with E-state index in [-0.39, 0.29) is 5.66 Å². The molecule has 1 aliphatic heterocycles. The van der Waals surface area contributed by atoms with Crippen LogP contribution in [0, 0.1) is 6.92 Å². The first-order chi connectivity index (χ1) is 8.54. The van der Waals surface area contributed by atoms with Crippen LogP contribution in [0.2, 0.25) is 0 Å². The molecule has 98 valence electrons. The molecule has 1 aromatic rings. The minimum Gasteiger partial charge on any atom is -0.307 e. The molecule has 1 unspecified atom stereocenters. The Balaban J connectivity index is 2.40. The number of piperidine rings is 1. The van der Waals surface area contributed by atoms with Gasteiger partial charge in [-0.15, -0.1) is 12.6 Å². The van der Waals surface area contributed by atoms with Crippen LogP contribution in [-0.4, -0.2) is 21.5 Å². The average Bonchev–Trinajstić information content (AvgIpc) is 2.32. The molecule has 0 radical (unpaired) electrons. The highest BCUT2D eigenvalue weighted by Crippen LogP contribution is 2.31. The molecule has 1 aromatic heterocycles. The van der Waals surface area contributed by atoms with Crippen molar-refractivity contribution >= 4 is 34.9 Å². The maximum atomic E-state index is 5.33. The molecule has 2 rings (SSSR count). The van der Waals surface area contributed by atoms with Gasteiger partial charge in [-0.2, -0.15) is 0 Å². The van der Waals surface area contributed by atoms with Gasteiger partial charge < -0.3 is 4.90 Å². The molecule has 1 fully saturated rings. The Bertz CT molecular complexity index is 442. The van der Waals surface area contributed by atoms with E-state index >= 15 is 0 Å². The number of anilines is 1. The highest BCUT2D eigenvalue weighted by Gasteiger charge is 2.35. The normalized spacial score (nSPS) is 23.7. The van der Waals surface area contributed by atoms with Crippen molar-refractivity contribution in [1.29, 1.82) is 0 Å². The van der Waals surface area contributed by atoms with Gasteiger partial charge >= 0.3 is 0 Å². The fourth-order valence-electron chi connectivity index (χ4n) is 2.52. The highest BCUT2D eigenvalue weighted by atomic mass is 32.1. The first-order valence-corrected chi connectivity index (χ1v) is 7.10. The van der Waals surface area contributed by atoms with Crippen molar-refractivity contribution in [3.63, 3.8) is 0 Å². The zero-order valence-corrected chi connectivity index (χ0v) is 12.5. The first kappa shape index (κ1) is 13.8. The maximum absolute atomic E-state index is 5.33. The summed E-state index contributed by atoms with van der Waals surface area (Å²) in [6, 6.07) is 3.99. The van der Waals surface area contributed by atoms with E-state index in [1.165, 1.54) is 12.8 Å². The summed E-state index contributed by atoms with van der Waals surface area (Å²) in [6.45, 7) is 5.20. The standard InChI is InChI=1S/C13H19N3S2/c1-10-11(6-5-8-14-10)16(12(17)18)13(2)7-3-4-9-15-13/h5-6,8,15H,3-4,7,9H2,1-2H3,(H,17,18). The van der Waals surface area contributed by atoms with Gasteiger partial charge in [-0.05, 0) is 51.8 Å². The van der Waals surface area contributed by atoms with Crippen LogP contribution >= 0.6 is 24.8 Å². The van der Waals surface area contributed by atoms with Gasteiger partial charge in [0.15, 0.2) is 0 Å². The van der Waals surface area contributed by atoms with E-state index in [0.717, 1.165) is 24.3 Å². The quantitative estimate of drug-likeness (QED) is 0.644. The molecule has 0 saturated carbocycles. The fraction of sp³-hybridized carbons (Fsp3) is 0.538. The number of thiocarbonyl (C=S) groups is 1.